The predicted molar refractivity (Wildman–Crippen MR) is 105 cm³/mol. The number of aryl methyl sites for hydroxylation is 2. The van der Waals surface area contributed by atoms with Crippen molar-refractivity contribution in [2.24, 2.45) is 0 Å². The van der Waals surface area contributed by atoms with E-state index >= 15 is 0 Å². The molecule has 0 radical (unpaired) electrons. The van der Waals surface area contributed by atoms with Crippen LogP contribution in [0.1, 0.15) is 34.3 Å². The summed E-state index contributed by atoms with van der Waals surface area (Å²) >= 11 is 6.14. The molecule has 1 aliphatic carbocycles. The van der Waals surface area contributed by atoms with Crippen molar-refractivity contribution in [3.63, 3.8) is 0 Å². The quantitative estimate of drug-likeness (QED) is 0.721. The molecule has 0 saturated heterocycles. The monoisotopic (exact) mass is 371 g/mol. The minimum atomic E-state index is -0.206. The van der Waals surface area contributed by atoms with Gasteiger partial charge in [-0.25, -0.2) is 0 Å². The first-order valence-corrected chi connectivity index (χ1v) is 9.01. The molecule has 26 heavy (non-hydrogen) atoms. The van der Waals surface area contributed by atoms with Gasteiger partial charge < -0.3 is 16.0 Å². The van der Waals surface area contributed by atoms with Crippen LogP contribution in [0, 0.1) is 13.8 Å². The lowest BCUT2D eigenvalue weighted by Crippen LogP contribution is -2.26. The minimum Gasteiger partial charge on any atom is -0.376 e. The van der Waals surface area contributed by atoms with E-state index in [4.69, 9.17) is 11.6 Å². The van der Waals surface area contributed by atoms with Crippen molar-refractivity contribution in [2.75, 3.05) is 17.2 Å². The third kappa shape index (κ3) is 4.76. The average molecular weight is 372 g/mol. The van der Waals surface area contributed by atoms with Crippen LogP contribution in [0.25, 0.3) is 0 Å². The van der Waals surface area contributed by atoms with E-state index < -0.39 is 0 Å². The molecule has 1 saturated carbocycles. The normalized spacial score (nSPS) is 13.2. The fourth-order valence-corrected chi connectivity index (χ4v) is 2.82. The summed E-state index contributed by atoms with van der Waals surface area (Å²) in [6, 6.07) is 11.2. The molecule has 0 bridgehead atoms. The molecule has 0 unspecified atom stereocenters. The molecule has 0 atom stereocenters. The first kappa shape index (κ1) is 18.3. The summed E-state index contributed by atoms with van der Waals surface area (Å²) in [5.74, 6) is -0.283. The molecule has 136 valence electrons. The fourth-order valence-electron chi connectivity index (χ4n) is 2.54. The van der Waals surface area contributed by atoms with Gasteiger partial charge in [-0.1, -0.05) is 23.7 Å². The van der Waals surface area contributed by atoms with E-state index in [0.29, 0.717) is 22.3 Å². The molecular formula is C20H22ClN3O2. The van der Waals surface area contributed by atoms with Crippen molar-refractivity contribution in [1.82, 2.24) is 5.32 Å². The Morgan fingerprint density at radius 1 is 1.08 bits per heavy atom. The van der Waals surface area contributed by atoms with Crippen molar-refractivity contribution < 1.29 is 9.59 Å². The fraction of sp³-hybridized carbons (Fsp3) is 0.300. The van der Waals surface area contributed by atoms with Gasteiger partial charge in [-0.3, -0.25) is 9.59 Å². The van der Waals surface area contributed by atoms with Crippen molar-refractivity contribution in [3.8, 4) is 0 Å². The number of hydrogen-bond acceptors (Lipinski definition) is 3. The van der Waals surface area contributed by atoms with Crippen molar-refractivity contribution >= 4 is 34.8 Å². The van der Waals surface area contributed by atoms with Gasteiger partial charge in [0.05, 0.1) is 17.3 Å². The van der Waals surface area contributed by atoms with Gasteiger partial charge in [0.25, 0.3) is 5.91 Å². The standard InChI is InChI=1S/C20H22ClN3O2/c1-12-3-8-17(16(21)9-12)24-19(25)11-22-18-10-14(5-4-13(18)2)20(26)23-15-6-7-15/h3-5,8-10,15,22H,6-7,11H2,1-2H3,(H,23,26)(H,24,25). The largest absolute Gasteiger partial charge is 0.376 e. The molecule has 2 aromatic carbocycles. The number of amides is 2. The van der Waals surface area contributed by atoms with E-state index in [-0.39, 0.29) is 18.4 Å². The number of benzene rings is 2. The maximum absolute atomic E-state index is 12.2. The van der Waals surface area contributed by atoms with Gasteiger partial charge >= 0.3 is 0 Å². The number of nitrogens with one attached hydrogen (secondary N) is 3. The highest BCUT2D eigenvalue weighted by Crippen LogP contribution is 2.23. The number of hydrogen-bond donors (Lipinski definition) is 3. The summed E-state index contributed by atoms with van der Waals surface area (Å²) < 4.78 is 0. The predicted octanol–water partition coefficient (Wildman–Crippen LogP) is 3.90. The molecule has 3 rings (SSSR count). The van der Waals surface area contributed by atoms with E-state index in [1.807, 2.05) is 26.0 Å². The Kier molecular flexibility index (Phi) is 5.47. The highest BCUT2D eigenvalue weighted by atomic mass is 35.5. The zero-order chi connectivity index (χ0) is 18.7. The first-order valence-electron chi connectivity index (χ1n) is 8.64. The van der Waals surface area contributed by atoms with Crippen LogP contribution in [0.5, 0.6) is 0 Å². The summed E-state index contributed by atoms with van der Waals surface area (Å²) in [5, 5.41) is 9.35. The highest BCUT2D eigenvalue weighted by molar-refractivity contribution is 6.33. The zero-order valence-corrected chi connectivity index (χ0v) is 15.6. The van der Waals surface area contributed by atoms with Crippen LogP contribution in [0.4, 0.5) is 11.4 Å². The van der Waals surface area contributed by atoms with Crippen LogP contribution >= 0.6 is 11.6 Å². The molecule has 2 aromatic rings. The zero-order valence-electron chi connectivity index (χ0n) is 14.9. The van der Waals surface area contributed by atoms with Crippen LogP contribution in [0.3, 0.4) is 0 Å². The Morgan fingerprint density at radius 2 is 1.85 bits per heavy atom. The molecule has 2 amide bonds. The number of carbonyl (C=O) groups excluding carboxylic acids is 2. The lowest BCUT2D eigenvalue weighted by molar-refractivity contribution is -0.114. The maximum Gasteiger partial charge on any atom is 0.251 e. The number of halogens is 1. The molecule has 1 fully saturated rings. The van der Waals surface area contributed by atoms with Gasteiger partial charge in [0, 0.05) is 17.3 Å². The smallest absolute Gasteiger partial charge is 0.251 e. The highest BCUT2D eigenvalue weighted by Gasteiger charge is 2.24. The molecular weight excluding hydrogens is 350 g/mol. The lowest BCUT2D eigenvalue weighted by atomic mass is 10.1. The van der Waals surface area contributed by atoms with E-state index in [1.54, 1.807) is 24.3 Å². The molecule has 5 nitrogen and oxygen atoms in total. The van der Waals surface area contributed by atoms with Crippen LogP contribution in [0.15, 0.2) is 36.4 Å². The third-order valence-corrected chi connectivity index (χ3v) is 4.56. The van der Waals surface area contributed by atoms with Gasteiger partial charge in [0.2, 0.25) is 5.91 Å². The van der Waals surface area contributed by atoms with Crippen LogP contribution in [-0.4, -0.2) is 24.4 Å². The van der Waals surface area contributed by atoms with E-state index in [9.17, 15) is 9.59 Å². The first-order chi connectivity index (χ1) is 12.4. The Morgan fingerprint density at radius 3 is 2.54 bits per heavy atom. The molecule has 0 aromatic heterocycles. The molecule has 0 heterocycles. The number of rotatable bonds is 6. The molecule has 0 spiro atoms. The number of carbonyl (C=O) groups is 2. The van der Waals surface area contributed by atoms with Gasteiger partial charge in [0.15, 0.2) is 0 Å². The van der Waals surface area contributed by atoms with Crippen molar-refractivity contribution in [3.05, 3.63) is 58.1 Å². The Hall–Kier alpha value is -2.53. The SMILES string of the molecule is Cc1ccc(NC(=O)CNc2cc(C(=O)NC3CC3)ccc2C)c(Cl)c1. The third-order valence-electron chi connectivity index (χ3n) is 4.25. The molecule has 0 aliphatic heterocycles. The summed E-state index contributed by atoms with van der Waals surface area (Å²) in [6.07, 6.45) is 2.09. The van der Waals surface area contributed by atoms with Crippen molar-refractivity contribution in [2.45, 2.75) is 32.7 Å². The van der Waals surface area contributed by atoms with E-state index in [2.05, 4.69) is 16.0 Å². The minimum absolute atomic E-state index is 0.0774. The molecule has 6 heteroatoms. The Labute approximate surface area is 158 Å². The summed E-state index contributed by atoms with van der Waals surface area (Å²) in [6.45, 7) is 3.95. The molecule has 1 aliphatic rings. The average Bonchev–Trinajstić information content (AvgIpc) is 3.40. The van der Waals surface area contributed by atoms with Crippen LogP contribution in [-0.2, 0) is 4.79 Å². The second-order valence-electron chi connectivity index (χ2n) is 6.66. The maximum atomic E-state index is 12.2. The van der Waals surface area contributed by atoms with Crippen LogP contribution in [0.2, 0.25) is 5.02 Å². The van der Waals surface area contributed by atoms with Crippen molar-refractivity contribution in [1.29, 1.82) is 0 Å². The summed E-state index contributed by atoms with van der Waals surface area (Å²) in [4.78, 5) is 24.4. The second-order valence-corrected chi connectivity index (χ2v) is 7.07. The Bertz CT molecular complexity index is 847. The topological polar surface area (TPSA) is 70.2 Å². The molecule has 3 N–H and O–H groups in total. The van der Waals surface area contributed by atoms with E-state index in [0.717, 1.165) is 29.7 Å². The van der Waals surface area contributed by atoms with Crippen LogP contribution < -0.4 is 16.0 Å². The summed E-state index contributed by atoms with van der Waals surface area (Å²) in [5.41, 5.74) is 3.93. The summed E-state index contributed by atoms with van der Waals surface area (Å²) in [7, 11) is 0. The second kappa shape index (κ2) is 7.79. The lowest BCUT2D eigenvalue weighted by Gasteiger charge is -2.13. The van der Waals surface area contributed by atoms with Gasteiger partial charge in [-0.05, 0) is 62.1 Å². The number of anilines is 2. The van der Waals surface area contributed by atoms with Gasteiger partial charge in [-0.2, -0.15) is 0 Å². The van der Waals surface area contributed by atoms with E-state index in [1.165, 1.54) is 0 Å². The van der Waals surface area contributed by atoms with Gasteiger partial charge in [-0.15, -0.1) is 0 Å². The Balaban J connectivity index is 1.61. The van der Waals surface area contributed by atoms with Gasteiger partial charge in [0.1, 0.15) is 0 Å².